The minimum atomic E-state index is -0.672. The molecule has 1 aromatic carbocycles. The van der Waals surface area contributed by atoms with Gasteiger partial charge in [-0.05, 0) is 79.0 Å². The van der Waals surface area contributed by atoms with Crippen LogP contribution in [0.3, 0.4) is 0 Å². The second kappa shape index (κ2) is 13.5. The highest BCUT2D eigenvalue weighted by atomic mass is 19.1. The van der Waals surface area contributed by atoms with Crippen molar-refractivity contribution >= 4 is 23.6 Å². The van der Waals surface area contributed by atoms with E-state index >= 15 is 0 Å². The lowest BCUT2D eigenvalue weighted by Crippen LogP contribution is -2.50. The number of aromatic nitrogens is 2. The van der Waals surface area contributed by atoms with Gasteiger partial charge in [-0.1, -0.05) is 24.3 Å². The van der Waals surface area contributed by atoms with Crippen LogP contribution < -0.4 is 15.4 Å². The van der Waals surface area contributed by atoms with E-state index < -0.39 is 17.7 Å². The van der Waals surface area contributed by atoms with E-state index in [-0.39, 0.29) is 35.7 Å². The Kier molecular flexibility index (Phi) is 10.3. The molecular formula is C30H40FN5O4. The van der Waals surface area contributed by atoms with Crippen LogP contribution >= 0.6 is 0 Å². The summed E-state index contributed by atoms with van der Waals surface area (Å²) in [5.74, 6) is 6.57. The fraction of sp³-hybridized carbons (Fsp3) is 0.533. The smallest absolute Gasteiger partial charge is 0.410 e. The Bertz CT molecular complexity index is 1250. The van der Waals surface area contributed by atoms with Crippen LogP contribution in [-0.4, -0.2) is 57.7 Å². The Morgan fingerprint density at radius 2 is 1.95 bits per heavy atom. The van der Waals surface area contributed by atoms with Crippen LogP contribution in [0.25, 0.3) is 0 Å². The first-order valence-electron chi connectivity index (χ1n) is 13.6. The van der Waals surface area contributed by atoms with Crippen molar-refractivity contribution in [2.24, 2.45) is 5.92 Å². The lowest BCUT2D eigenvalue weighted by molar-refractivity contribution is -0.126. The van der Waals surface area contributed by atoms with E-state index in [9.17, 15) is 14.0 Å². The van der Waals surface area contributed by atoms with Crippen molar-refractivity contribution in [1.29, 1.82) is 0 Å². The molecule has 0 aliphatic heterocycles. The molecule has 1 aromatic heterocycles. The van der Waals surface area contributed by atoms with E-state index in [1.54, 1.807) is 53.1 Å². The lowest BCUT2D eigenvalue weighted by atomic mass is 9.86. The molecule has 0 bridgehead atoms. The second-order valence-corrected chi connectivity index (χ2v) is 11.3. The number of carbonyl (C=O) groups excluding carboxylic acids is 2. The summed E-state index contributed by atoms with van der Waals surface area (Å²) < 4.78 is 24.8. The monoisotopic (exact) mass is 553 g/mol. The summed E-state index contributed by atoms with van der Waals surface area (Å²) in [5.41, 5.74) is 0.438. The van der Waals surface area contributed by atoms with Gasteiger partial charge >= 0.3 is 6.09 Å². The maximum absolute atomic E-state index is 13.6. The van der Waals surface area contributed by atoms with Crippen LogP contribution in [0, 0.1) is 23.6 Å². The Hall–Kier alpha value is -3.87. The molecule has 0 unspecified atom stereocenters. The van der Waals surface area contributed by atoms with E-state index in [4.69, 9.17) is 9.47 Å². The fourth-order valence-electron chi connectivity index (χ4n) is 4.14. The zero-order valence-electron chi connectivity index (χ0n) is 24.4. The molecule has 2 amide bonds. The van der Waals surface area contributed by atoms with Crippen LogP contribution in [0.5, 0.6) is 5.88 Å². The van der Waals surface area contributed by atoms with Gasteiger partial charge in [-0.15, -0.1) is 0 Å². The van der Waals surface area contributed by atoms with Crippen LogP contribution in [0.2, 0.25) is 0 Å². The molecule has 3 rings (SSSR count). The summed E-state index contributed by atoms with van der Waals surface area (Å²) in [5, 5.41) is 6.06. The molecule has 0 spiro atoms. The fourth-order valence-corrected chi connectivity index (χ4v) is 4.14. The third kappa shape index (κ3) is 9.40. The van der Waals surface area contributed by atoms with Crippen molar-refractivity contribution in [2.45, 2.75) is 91.0 Å². The predicted molar refractivity (Wildman–Crippen MR) is 152 cm³/mol. The highest BCUT2D eigenvalue weighted by Crippen LogP contribution is 2.25. The molecule has 40 heavy (non-hydrogen) atoms. The number of likely N-dealkylation sites (N-methyl/N-ethyl adjacent to an activating group) is 1. The number of benzene rings is 1. The number of carbonyl (C=O) groups is 2. The normalized spacial score (nSPS) is 17.7. The number of ether oxygens (including phenoxy) is 2. The van der Waals surface area contributed by atoms with Crippen LogP contribution in [0.15, 0.2) is 30.5 Å². The molecule has 1 fully saturated rings. The average molecular weight is 554 g/mol. The van der Waals surface area contributed by atoms with Gasteiger partial charge in [-0.25, -0.2) is 14.2 Å². The van der Waals surface area contributed by atoms with E-state index in [2.05, 4.69) is 32.4 Å². The second-order valence-electron chi connectivity index (χ2n) is 11.3. The van der Waals surface area contributed by atoms with E-state index in [1.165, 1.54) is 17.0 Å². The van der Waals surface area contributed by atoms with Crippen molar-refractivity contribution in [3.05, 3.63) is 41.8 Å². The van der Waals surface area contributed by atoms with Crippen molar-refractivity contribution in [1.82, 2.24) is 20.2 Å². The van der Waals surface area contributed by atoms with Crippen molar-refractivity contribution in [3.8, 4) is 17.7 Å². The first kappa shape index (κ1) is 30.7. The van der Waals surface area contributed by atoms with Crippen molar-refractivity contribution in [2.75, 3.05) is 12.4 Å². The van der Waals surface area contributed by atoms with Gasteiger partial charge in [0.15, 0.2) is 0 Å². The standard InChI is InChI=1S/C30H40FN5O4/c1-19(2)39-27-22(18-32-28(35-27)34-25-13-9-11-23(31)17-25)15-14-21-10-8-12-24(16-21)33-26(37)20(3)36(7)29(38)40-30(4,5)6/h9,11,13,17-21,24H,8,10,12,16H2,1-7H3,(H,33,37)(H,32,34,35)/t20-,21-,24-/m0/s1. The summed E-state index contributed by atoms with van der Waals surface area (Å²) >= 11 is 0. The first-order chi connectivity index (χ1) is 18.8. The van der Waals surface area contributed by atoms with E-state index in [0.717, 1.165) is 19.3 Å². The summed E-state index contributed by atoms with van der Waals surface area (Å²) in [7, 11) is 1.56. The number of nitrogens with zero attached hydrogens (tertiary/aromatic N) is 3. The van der Waals surface area contributed by atoms with Gasteiger partial charge < -0.3 is 20.1 Å². The van der Waals surface area contributed by atoms with Crippen molar-refractivity contribution in [3.63, 3.8) is 0 Å². The molecule has 10 heteroatoms. The molecule has 1 aliphatic carbocycles. The van der Waals surface area contributed by atoms with E-state index in [1.807, 2.05) is 13.8 Å². The molecular weight excluding hydrogens is 513 g/mol. The molecule has 9 nitrogen and oxygen atoms in total. The number of amides is 2. The van der Waals surface area contributed by atoms with Gasteiger partial charge in [0.2, 0.25) is 17.7 Å². The van der Waals surface area contributed by atoms with Gasteiger partial charge in [-0.2, -0.15) is 4.98 Å². The summed E-state index contributed by atoms with van der Waals surface area (Å²) in [6.07, 6.45) is 4.29. The highest BCUT2D eigenvalue weighted by Gasteiger charge is 2.29. The average Bonchev–Trinajstić information content (AvgIpc) is 2.86. The number of rotatable bonds is 7. The third-order valence-electron chi connectivity index (χ3n) is 6.26. The largest absolute Gasteiger partial charge is 0.474 e. The number of hydrogen-bond donors (Lipinski definition) is 2. The Morgan fingerprint density at radius 1 is 1.20 bits per heavy atom. The Labute approximate surface area is 236 Å². The zero-order chi connectivity index (χ0) is 29.4. The van der Waals surface area contributed by atoms with Crippen LogP contribution in [-0.2, 0) is 9.53 Å². The molecule has 216 valence electrons. The molecule has 3 atom stereocenters. The van der Waals surface area contributed by atoms with Gasteiger partial charge in [-0.3, -0.25) is 9.69 Å². The van der Waals surface area contributed by atoms with Gasteiger partial charge in [0.1, 0.15) is 23.0 Å². The number of halogens is 1. The molecule has 0 saturated heterocycles. The number of nitrogens with one attached hydrogen (secondary N) is 2. The molecule has 1 saturated carbocycles. The molecule has 0 radical (unpaired) electrons. The number of hydrogen-bond acceptors (Lipinski definition) is 7. The maximum Gasteiger partial charge on any atom is 0.410 e. The first-order valence-corrected chi connectivity index (χ1v) is 13.6. The molecule has 2 N–H and O–H groups in total. The number of anilines is 2. The van der Waals surface area contributed by atoms with Gasteiger partial charge in [0.05, 0.1) is 12.3 Å². The lowest BCUT2D eigenvalue weighted by Gasteiger charge is -2.31. The Balaban J connectivity index is 1.65. The zero-order valence-corrected chi connectivity index (χ0v) is 24.4. The van der Waals surface area contributed by atoms with Gasteiger partial charge in [0, 0.05) is 24.7 Å². The summed E-state index contributed by atoms with van der Waals surface area (Å²) in [6, 6.07) is 5.32. The topological polar surface area (TPSA) is 106 Å². The summed E-state index contributed by atoms with van der Waals surface area (Å²) in [4.78, 5) is 35.3. The maximum atomic E-state index is 13.6. The third-order valence-corrected chi connectivity index (χ3v) is 6.26. The molecule has 1 aliphatic rings. The minimum Gasteiger partial charge on any atom is -0.474 e. The minimum absolute atomic E-state index is 0.0458. The SMILES string of the molecule is CC(C)Oc1nc(Nc2cccc(F)c2)ncc1C#C[C@@H]1CCC[C@H](NC(=O)[C@H](C)N(C)C(=O)OC(C)(C)C)C1. The van der Waals surface area contributed by atoms with E-state index in [0.29, 0.717) is 23.6 Å². The highest BCUT2D eigenvalue weighted by molar-refractivity contribution is 5.85. The van der Waals surface area contributed by atoms with Gasteiger partial charge in [0.25, 0.3) is 0 Å². The summed E-state index contributed by atoms with van der Waals surface area (Å²) in [6.45, 7) is 10.8. The predicted octanol–water partition coefficient (Wildman–Crippen LogP) is 5.43. The molecule has 1 heterocycles. The Morgan fingerprint density at radius 3 is 2.62 bits per heavy atom. The van der Waals surface area contributed by atoms with Crippen LogP contribution in [0.1, 0.15) is 72.8 Å². The quantitative estimate of drug-likeness (QED) is 0.441. The van der Waals surface area contributed by atoms with Crippen LogP contribution in [0.4, 0.5) is 20.8 Å². The van der Waals surface area contributed by atoms with Crippen molar-refractivity contribution < 1.29 is 23.5 Å². The molecule has 2 aromatic rings.